The van der Waals surface area contributed by atoms with Crippen molar-refractivity contribution in [1.29, 1.82) is 0 Å². The Morgan fingerprint density at radius 1 is 1.23 bits per heavy atom. The summed E-state index contributed by atoms with van der Waals surface area (Å²) in [5, 5.41) is 2.85. The molecule has 1 saturated carbocycles. The summed E-state index contributed by atoms with van der Waals surface area (Å²) in [5.74, 6) is 0.987. The number of hydrogen-bond acceptors (Lipinski definition) is 4. The average molecular weight is 354 g/mol. The number of aryl methyl sites for hydroxylation is 1. The van der Waals surface area contributed by atoms with E-state index < -0.39 is 0 Å². The molecule has 4 rings (SSSR count). The zero-order chi connectivity index (χ0) is 18.1. The topological polar surface area (TPSA) is 58.1 Å². The summed E-state index contributed by atoms with van der Waals surface area (Å²) in [6, 6.07) is 6.86. The molecule has 0 spiro atoms. The molecule has 1 saturated heterocycles. The van der Waals surface area contributed by atoms with Crippen molar-refractivity contribution < 1.29 is 9.18 Å². The molecule has 0 unspecified atom stereocenters. The van der Waals surface area contributed by atoms with Crippen LogP contribution in [0.3, 0.4) is 0 Å². The molecule has 1 aliphatic carbocycles. The van der Waals surface area contributed by atoms with Crippen molar-refractivity contribution in [3.05, 3.63) is 47.7 Å². The minimum Gasteiger partial charge on any atom is -0.356 e. The van der Waals surface area contributed by atoms with Crippen LogP contribution in [0.25, 0.3) is 0 Å². The van der Waals surface area contributed by atoms with Crippen LogP contribution in [-0.2, 0) is 4.79 Å². The fourth-order valence-electron chi connectivity index (χ4n) is 3.45. The molecule has 5 nitrogen and oxygen atoms in total. The lowest BCUT2D eigenvalue weighted by Gasteiger charge is -2.33. The normalized spacial score (nSPS) is 20.1. The molecule has 1 aliphatic heterocycles. The molecule has 1 atom stereocenters. The number of nitrogens with one attached hydrogen (secondary N) is 1. The summed E-state index contributed by atoms with van der Waals surface area (Å²) in [7, 11) is 0. The van der Waals surface area contributed by atoms with E-state index in [0.29, 0.717) is 23.7 Å². The molecule has 2 aromatic rings. The smallest absolute Gasteiger partial charge is 0.229 e. The molecule has 1 aromatic carbocycles. The molecular weight excluding hydrogens is 331 g/mol. The van der Waals surface area contributed by atoms with Crippen LogP contribution < -0.4 is 10.2 Å². The first kappa shape index (κ1) is 16.9. The minimum absolute atomic E-state index is 0.0607. The predicted molar refractivity (Wildman–Crippen MR) is 98.7 cm³/mol. The van der Waals surface area contributed by atoms with Crippen LogP contribution in [0.1, 0.15) is 42.9 Å². The predicted octanol–water partition coefficient (Wildman–Crippen LogP) is 3.66. The van der Waals surface area contributed by atoms with E-state index in [0.717, 1.165) is 30.9 Å². The third-order valence-electron chi connectivity index (χ3n) is 5.22. The summed E-state index contributed by atoms with van der Waals surface area (Å²) in [5.41, 5.74) is 2.19. The van der Waals surface area contributed by atoms with Gasteiger partial charge in [0, 0.05) is 36.5 Å². The van der Waals surface area contributed by atoms with Gasteiger partial charge >= 0.3 is 0 Å². The molecule has 1 aromatic heterocycles. The van der Waals surface area contributed by atoms with E-state index >= 15 is 0 Å². The van der Waals surface area contributed by atoms with Crippen molar-refractivity contribution in [1.82, 2.24) is 9.97 Å². The molecule has 1 N–H and O–H groups in total. The maximum Gasteiger partial charge on any atom is 0.229 e. The Hall–Kier alpha value is -2.50. The number of carbonyl (C=O) groups excluding carboxylic acids is 1. The number of aromatic nitrogens is 2. The fraction of sp³-hybridized carbons (Fsp3) is 0.450. The first-order valence-corrected chi connectivity index (χ1v) is 9.24. The lowest BCUT2D eigenvalue weighted by molar-refractivity contribution is -0.120. The maximum atomic E-state index is 13.7. The first-order valence-electron chi connectivity index (χ1n) is 9.24. The van der Waals surface area contributed by atoms with Gasteiger partial charge in [-0.15, -0.1) is 0 Å². The molecule has 26 heavy (non-hydrogen) atoms. The highest BCUT2D eigenvalue weighted by Gasteiger charge is 2.29. The Morgan fingerprint density at radius 2 is 2.08 bits per heavy atom. The fourth-order valence-corrected chi connectivity index (χ4v) is 3.45. The number of hydrogen-bond donors (Lipinski definition) is 1. The summed E-state index contributed by atoms with van der Waals surface area (Å²) < 4.78 is 13.7. The molecular formula is C20H23FN4O. The molecule has 0 bridgehead atoms. The second-order valence-corrected chi connectivity index (χ2v) is 7.31. The largest absolute Gasteiger partial charge is 0.356 e. The van der Waals surface area contributed by atoms with Gasteiger partial charge in [0.1, 0.15) is 18.0 Å². The zero-order valence-corrected chi connectivity index (χ0v) is 14.9. The summed E-state index contributed by atoms with van der Waals surface area (Å²) in [4.78, 5) is 23.6. The van der Waals surface area contributed by atoms with Gasteiger partial charge in [0.2, 0.25) is 5.91 Å². The van der Waals surface area contributed by atoms with E-state index in [2.05, 4.69) is 26.3 Å². The number of rotatable bonds is 4. The van der Waals surface area contributed by atoms with E-state index in [9.17, 15) is 9.18 Å². The SMILES string of the molecule is Cc1ccc(NC(=O)[C@H]2CCCN(c3cc(C4CC4)ncn3)C2)cc1F. The molecule has 0 radical (unpaired) electrons. The third kappa shape index (κ3) is 3.69. The van der Waals surface area contributed by atoms with Gasteiger partial charge in [-0.1, -0.05) is 6.07 Å². The summed E-state index contributed by atoms with van der Waals surface area (Å²) in [6.45, 7) is 3.23. The highest BCUT2D eigenvalue weighted by atomic mass is 19.1. The van der Waals surface area contributed by atoms with Crippen LogP contribution in [-0.4, -0.2) is 29.0 Å². The molecule has 2 aliphatic rings. The van der Waals surface area contributed by atoms with Crippen LogP contribution in [0.5, 0.6) is 0 Å². The Labute approximate surface area is 152 Å². The van der Waals surface area contributed by atoms with Gasteiger partial charge in [0.05, 0.1) is 5.92 Å². The Balaban J connectivity index is 1.43. The van der Waals surface area contributed by atoms with Crippen LogP contribution in [0.4, 0.5) is 15.9 Å². The Morgan fingerprint density at radius 3 is 2.85 bits per heavy atom. The van der Waals surface area contributed by atoms with Crippen molar-refractivity contribution in [2.45, 2.75) is 38.5 Å². The van der Waals surface area contributed by atoms with Crippen LogP contribution in [0, 0.1) is 18.7 Å². The number of anilines is 2. The van der Waals surface area contributed by atoms with Crippen molar-refractivity contribution in [3.8, 4) is 0 Å². The molecule has 136 valence electrons. The number of amides is 1. The number of carbonyl (C=O) groups is 1. The zero-order valence-electron chi connectivity index (χ0n) is 14.9. The molecule has 2 fully saturated rings. The van der Waals surface area contributed by atoms with Gasteiger partial charge in [0.15, 0.2) is 0 Å². The quantitative estimate of drug-likeness (QED) is 0.910. The summed E-state index contributed by atoms with van der Waals surface area (Å²) in [6.07, 6.45) is 5.80. The van der Waals surface area contributed by atoms with Crippen molar-refractivity contribution in [3.63, 3.8) is 0 Å². The minimum atomic E-state index is -0.304. The van der Waals surface area contributed by atoms with Crippen molar-refractivity contribution >= 4 is 17.4 Å². The maximum absolute atomic E-state index is 13.7. The van der Waals surface area contributed by atoms with Gasteiger partial charge in [-0.3, -0.25) is 4.79 Å². The van der Waals surface area contributed by atoms with Crippen molar-refractivity contribution in [2.75, 3.05) is 23.3 Å². The second-order valence-electron chi connectivity index (χ2n) is 7.31. The van der Waals surface area contributed by atoms with E-state index in [-0.39, 0.29) is 17.6 Å². The lowest BCUT2D eigenvalue weighted by Crippen LogP contribution is -2.41. The van der Waals surface area contributed by atoms with Gasteiger partial charge in [-0.05, 0) is 50.3 Å². The molecule has 2 heterocycles. The van der Waals surface area contributed by atoms with E-state index in [1.54, 1.807) is 25.4 Å². The van der Waals surface area contributed by atoms with Gasteiger partial charge in [-0.2, -0.15) is 0 Å². The van der Waals surface area contributed by atoms with E-state index in [4.69, 9.17) is 0 Å². The molecule has 1 amide bonds. The third-order valence-corrected chi connectivity index (χ3v) is 5.22. The Bertz CT molecular complexity index is 821. The number of halogens is 1. The highest BCUT2D eigenvalue weighted by Crippen LogP contribution is 2.39. The first-order chi connectivity index (χ1) is 12.6. The van der Waals surface area contributed by atoms with E-state index in [1.807, 2.05) is 0 Å². The number of benzene rings is 1. The second kappa shape index (κ2) is 7.02. The Kier molecular flexibility index (Phi) is 4.57. The van der Waals surface area contributed by atoms with Gasteiger partial charge < -0.3 is 10.2 Å². The number of nitrogens with zero attached hydrogens (tertiary/aromatic N) is 3. The standard InChI is InChI=1S/C20H23FN4O/c1-13-4-7-16(9-17(13)21)24-20(26)15-3-2-8-25(11-15)19-10-18(14-5-6-14)22-12-23-19/h4,7,9-10,12,14-15H,2-3,5-6,8,11H2,1H3,(H,24,26)/t15-/m0/s1. The van der Waals surface area contributed by atoms with E-state index in [1.165, 1.54) is 18.9 Å². The lowest BCUT2D eigenvalue weighted by atomic mass is 9.97. The molecule has 6 heteroatoms. The van der Waals surface area contributed by atoms with Gasteiger partial charge in [0.25, 0.3) is 0 Å². The van der Waals surface area contributed by atoms with Crippen molar-refractivity contribution in [2.24, 2.45) is 5.92 Å². The van der Waals surface area contributed by atoms with Crippen LogP contribution in [0.2, 0.25) is 0 Å². The van der Waals surface area contributed by atoms with Crippen LogP contribution >= 0.6 is 0 Å². The number of piperidine rings is 1. The highest BCUT2D eigenvalue weighted by molar-refractivity contribution is 5.93. The summed E-state index contributed by atoms with van der Waals surface area (Å²) >= 11 is 0. The average Bonchev–Trinajstić information content (AvgIpc) is 3.50. The monoisotopic (exact) mass is 354 g/mol. The van der Waals surface area contributed by atoms with Crippen LogP contribution in [0.15, 0.2) is 30.6 Å². The van der Waals surface area contributed by atoms with Gasteiger partial charge in [-0.25, -0.2) is 14.4 Å².